The second kappa shape index (κ2) is 9.58. The first-order valence-corrected chi connectivity index (χ1v) is 10.9. The van der Waals surface area contributed by atoms with Crippen LogP contribution in [0.15, 0.2) is 40.1 Å². The number of nitrogens with one attached hydrogen (secondary N) is 2. The predicted octanol–water partition coefficient (Wildman–Crippen LogP) is 3.93. The van der Waals surface area contributed by atoms with Gasteiger partial charge >= 0.3 is 0 Å². The summed E-state index contributed by atoms with van der Waals surface area (Å²) in [5.41, 5.74) is 1.34. The third-order valence-electron chi connectivity index (χ3n) is 3.34. The van der Waals surface area contributed by atoms with Crippen molar-refractivity contribution in [2.24, 2.45) is 0 Å². The fourth-order valence-corrected chi connectivity index (χ4v) is 4.51. The van der Waals surface area contributed by atoms with Crippen LogP contribution in [0.4, 0.5) is 10.3 Å². The predicted molar refractivity (Wildman–Crippen MR) is 110 cm³/mol. The van der Waals surface area contributed by atoms with Crippen molar-refractivity contribution in [3.63, 3.8) is 0 Å². The van der Waals surface area contributed by atoms with Gasteiger partial charge in [0, 0.05) is 17.4 Å². The first-order valence-electron chi connectivity index (χ1n) is 8.21. The van der Waals surface area contributed by atoms with E-state index in [2.05, 4.69) is 25.8 Å². The number of carbonyl (C=O) groups excluding carboxylic acids is 2. The van der Waals surface area contributed by atoms with Crippen molar-refractivity contribution in [2.75, 3.05) is 16.4 Å². The lowest BCUT2D eigenvalue weighted by Gasteiger charge is -2.01. The third kappa shape index (κ3) is 5.84. The van der Waals surface area contributed by atoms with Crippen LogP contribution in [0.25, 0.3) is 0 Å². The highest BCUT2D eigenvalue weighted by Crippen LogP contribution is 2.25. The zero-order chi connectivity index (χ0) is 19.1. The van der Waals surface area contributed by atoms with Crippen molar-refractivity contribution in [3.05, 3.63) is 47.0 Å². The number of aromatic nitrogens is 3. The summed E-state index contributed by atoms with van der Waals surface area (Å²) in [6.07, 6.45) is 0.768. The van der Waals surface area contributed by atoms with Crippen LogP contribution in [0.2, 0.25) is 0 Å². The van der Waals surface area contributed by atoms with Gasteiger partial charge in [-0.2, -0.15) is 0 Å². The van der Waals surface area contributed by atoms with Crippen LogP contribution in [-0.4, -0.2) is 32.7 Å². The van der Waals surface area contributed by atoms with Crippen LogP contribution in [0.1, 0.15) is 29.4 Å². The van der Waals surface area contributed by atoms with Crippen LogP contribution >= 0.6 is 34.4 Å². The van der Waals surface area contributed by atoms with Crippen LogP contribution in [0.5, 0.6) is 0 Å². The lowest BCUT2D eigenvalue weighted by molar-refractivity contribution is -0.116. The molecule has 7 nitrogen and oxygen atoms in total. The van der Waals surface area contributed by atoms with Gasteiger partial charge in [0.05, 0.1) is 5.69 Å². The van der Waals surface area contributed by atoms with E-state index in [-0.39, 0.29) is 18.2 Å². The fraction of sp³-hybridized carbons (Fsp3) is 0.235. The van der Waals surface area contributed by atoms with E-state index in [1.165, 1.54) is 22.7 Å². The van der Waals surface area contributed by atoms with Gasteiger partial charge in [0.25, 0.3) is 5.91 Å². The molecule has 0 radical (unpaired) electrons. The maximum absolute atomic E-state index is 12.1. The number of amides is 2. The highest BCUT2D eigenvalue weighted by atomic mass is 32.2. The van der Waals surface area contributed by atoms with Crippen molar-refractivity contribution >= 4 is 56.5 Å². The molecule has 2 heterocycles. The van der Waals surface area contributed by atoms with E-state index >= 15 is 0 Å². The van der Waals surface area contributed by atoms with Crippen LogP contribution in [0, 0.1) is 0 Å². The van der Waals surface area contributed by atoms with Crippen LogP contribution in [-0.2, 0) is 11.2 Å². The Morgan fingerprint density at radius 3 is 2.70 bits per heavy atom. The number of benzene rings is 1. The Hall–Kier alpha value is -2.30. The molecule has 140 valence electrons. The monoisotopic (exact) mass is 419 g/mol. The van der Waals surface area contributed by atoms with Crippen molar-refractivity contribution < 1.29 is 9.59 Å². The fourth-order valence-electron chi connectivity index (χ4n) is 2.10. The van der Waals surface area contributed by atoms with Crippen molar-refractivity contribution in [1.29, 1.82) is 0 Å². The second-order valence-electron chi connectivity index (χ2n) is 5.32. The van der Waals surface area contributed by atoms with Gasteiger partial charge in [-0.1, -0.05) is 48.2 Å². The van der Waals surface area contributed by atoms with Crippen molar-refractivity contribution in [2.45, 2.75) is 24.1 Å². The number of aryl methyl sites for hydroxylation is 1. The molecule has 0 aliphatic heterocycles. The average molecular weight is 420 g/mol. The summed E-state index contributed by atoms with van der Waals surface area (Å²) in [4.78, 5) is 28.5. The first-order chi connectivity index (χ1) is 13.1. The number of thiazole rings is 1. The summed E-state index contributed by atoms with van der Waals surface area (Å²) >= 11 is 4.29. The number of hydrogen-bond donors (Lipinski definition) is 2. The first kappa shape index (κ1) is 19.5. The summed E-state index contributed by atoms with van der Waals surface area (Å²) < 4.78 is 0.839. The molecule has 0 fully saturated rings. The zero-order valence-electron chi connectivity index (χ0n) is 14.5. The van der Waals surface area contributed by atoms with E-state index in [0.717, 1.165) is 15.8 Å². The molecule has 0 saturated heterocycles. The molecule has 2 aromatic heterocycles. The van der Waals surface area contributed by atoms with Gasteiger partial charge in [-0.15, -0.1) is 21.5 Å². The van der Waals surface area contributed by atoms with Crippen molar-refractivity contribution in [1.82, 2.24) is 15.2 Å². The summed E-state index contributed by atoms with van der Waals surface area (Å²) in [5, 5.41) is 16.3. The number of rotatable bonds is 8. The smallest absolute Gasteiger partial charge is 0.257 e. The molecule has 2 amide bonds. The molecular formula is C17H17N5O2S3. The number of anilines is 2. The molecule has 0 saturated carbocycles. The SMILES string of the molecule is CCSc1nnc(NC(=O)CCc2csc(NC(=O)c3ccccc3)n2)s1. The van der Waals surface area contributed by atoms with Crippen LogP contribution in [0.3, 0.4) is 0 Å². The molecule has 0 atom stereocenters. The molecular weight excluding hydrogens is 402 g/mol. The quantitative estimate of drug-likeness (QED) is 0.424. The van der Waals surface area contributed by atoms with E-state index in [1.54, 1.807) is 23.9 Å². The Labute approximate surface area is 168 Å². The van der Waals surface area contributed by atoms with Crippen LogP contribution < -0.4 is 10.6 Å². The Kier molecular flexibility index (Phi) is 6.91. The highest BCUT2D eigenvalue weighted by molar-refractivity contribution is 8.01. The normalized spacial score (nSPS) is 10.6. The molecule has 0 bridgehead atoms. The minimum atomic E-state index is -0.203. The maximum Gasteiger partial charge on any atom is 0.257 e. The number of carbonyl (C=O) groups is 2. The Morgan fingerprint density at radius 2 is 1.93 bits per heavy atom. The Balaban J connectivity index is 1.47. The standard InChI is InChI=1S/C17H17N5O2S3/c1-2-25-17-22-21-16(27-17)19-13(23)9-8-12-10-26-15(18-12)20-14(24)11-6-4-3-5-7-11/h3-7,10H,2,8-9H2,1H3,(H,18,20,24)(H,19,21,23). The van der Waals surface area contributed by atoms with Gasteiger partial charge in [0.1, 0.15) is 0 Å². The Morgan fingerprint density at radius 1 is 1.11 bits per heavy atom. The van der Waals surface area contributed by atoms with Crippen molar-refractivity contribution in [3.8, 4) is 0 Å². The summed E-state index contributed by atoms with van der Waals surface area (Å²) in [5.74, 6) is 0.573. The van der Waals surface area contributed by atoms with Gasteiger partial charge in [0.2, 0.25) is 11.0 Å². The Bertz CT molecular complexity index is 910. The van der Waals surface area contributed by atoms with E-state index in [0.29, 0.717) is 22.2 Å². The van der Waals surface area contributed by atoms with Gasteiger partial charge in [-0.05, 0) is 24.3 Å². The summed E-state index contributed by atoms with van der Waals surface area (Å²) in [6.45, 7) is 2.04. The minimum absolute atomic E-state index is 0.137. The molecule has 0 spiro atoms. The van der Waals surface area contributed by atoms with Gasteiger partial charge in [-0.3, -0.25) is 14.9 Å². The third-order valence-corrected chi connectivity index (χ3v) is 6.00. The second-order valence-corrected chi connectivity index (χ2v) is 8.67. The topological polar surface area (TPSA) is 96.9 Å². The van der Waals surface area contributed by atoms with E-state index < -0.39 is 0 Å². The molecule has 2 N–H and O–H groups in total. The molecule has 0 unspecified atom stereocenters. The molecule has 1 aromatic carbocycles. The van der Waals surface area contributed by atoms with E-state index in [1.807, 2.05) is 30.5 Å². The lowest BCUT2D eigenvalue weighted by Crippen LogP contribution is -2.13. The molecule has 10 heteroatoms. The highest BCUT2D eigenvalue weighted by Gasteiger charge is 2.11. The zero-order valence-corrected chi connectivity index (χ0v) is 16.9. The number of nitrogens with zero attached hydrogens (tertiary/aromatic N) is 3. The molecule has 0 aliphatic rings. The lowest BCUT2D eigenvalue weighted by atomic mass is 10.2. The minimum Gasteiger partial charge on any atom is -0.300 e. The van der Waals surface area contributed by atoms with E-state index in [9.17, 15) is 9.59 Å². The average Bonchev–Trinajstić information content (AvgIpc) is 3.30. The maximum atomic E-state index is 12.1. The van der Waals surface area contributed by atoms with Gasteiger partial charge < -0.3 is 5.32 Å². The van der Waals surface area contributed by atoms with Gasteiger partial charge in [0.15, 0.2) is 9.47 Å². The largest absolute Gasteiger partial charge is 0.300 e. The summed E-state index contributed by atoms with van der Waals surface area (Å²) in [7, 11) is 0. The molecule has 27 heavy (non-hydrogen) atoms. The number of hydrogen-bond acceptors (Lipinski definition) is 8. The van der Waals surface area contributed by atoms with E-state index in [4.69, 9.17) is 0 Å². The van der Waals surface area contributed by atoms with Gasteiger partial charge in [-0.25, -0.2) is 4.98 Å². The summed E-state index contributed by atoms with van der Waals surface area (Å²) in [6, 6.07) is 8.96. The molecule has 3 aromatic rings. The molecule has 3 rings (SSSR count). The molecule has 0 aliphatic carbocycles. The number of thioether (sulfide) groups is 1.